The second-order valence-electron chi connectivity index (χ2n) is 10.9. The number of methoxy groups -OCH3 is 1. The largest absolute Gasteiger partial charge is 0.493 e. The van der Waals surface area contributed by atoms with Crippen molar-refractivity contribution >= 4 is 11.8 Å². The van der Waals surface area contributed by atoms with E-state index in [0.717, 1.165) is 22.5 Å². The molecule has 11 nitrogen and oxygen atoms in total. The number of amides is 2. The van der Waals surface area contributed by atoms with Crippen molar-refractivity contribution in [2.45, 2.75) is 39.5 Å². The molecule has 43 heavy (non-hydrogen) atoms. The summed E-state index contributed by atoms with van der Waals surface area (Å²) in [5, 5.41) is 10.3. The van der Waals surface area contributed by atoms with E-state index in [2.05, 4.69) is 32.8 Å². The number of carbonyl (C=O) groups excluding carboxylic acids is 2. The fourth-order valence-electron chi connectivity index (χ4n) is 5.22. The lowest BCUT2D eigenvalue weighted by molar-refractivity contribution is -0.130. The molecule has 2 amide bonds. The zero-order chi connectivity index (χ0) is 30.2. The van der Waals surface area contributed by atoms with E-state index in [0.29, 0.717) is 50.8 Å². The van der Waals surface area contributed by atoms with E-state index >= 15 is 0 Å². The Kier molecular flexibility index (Phi) is 9.73. The number of rotatable bonds is 6. The summed E-state index contributed by atoms with van der Waals surface area (Å²) >= 11 is 0. The second kappa shape index (κ2) is 14.0. The predicted molar refractivity (Wildman–Crippen MR) is 163 cm³/mol. The fraction of sp³-hybridized carbons (Fsp3) is 0.375. The van der Waals surface area contributed by atoms with Crippen LogP contribution in [-0.4, -0.2) is 75.4 Å². The normalized spacial score (nSPS) is 17.0. The average Bonchev–Trinajstić information content (AvgIpc) is 3.68. The number of nitrogens with one attached hydrogen (secondary N) is 2. The van der Waals surface area contributed by atoms with Crippen molar-refractivity contribution < 1.29 is 19.1 Å². The van der Waals surface area contributed by atoms with E-state index in [4.69, 9.17) is 9.47 Å². The van der Waals surface area contributed by atoms with Crippen molar-refractivity contribution in [1.82, 2.24) is 34.9 Å². The number of fused-ring (bicyclic) bond motifs is 4. The molecule has 0 saturated carbocycles. The molecule has 2 N–H and O–H groups in total. The highest BCUT2D eigenvalue weighted by Gasteiger charge is 2.25. The number of carbonyl (C=O) groups is 2. The molecule has 0 saturated heterocycles. The van der Waals surface area contributed by atoms with Gasteiger partial charge in [0.05, 0.1) is 20.2 Å². The zero-order valence-electron chi connectivity index (χ0n) is 24.9. The maximum atomic E-state index is 13.4. The van der Waals surface area contributed by atoms with Gasteiger partial charge in [0, 0.05) is 56.5 Å². The van der Waals surface area contributed by atoms with Gasteiger partial charge in [-0.15, -0.1) is 0 Å². The summed E-state index contributed by atoms with van der Waals surface area (Å²) in [7, 11) is 1.61. The standard InChI is InChI=1S/C32H39N7O4/c1-23(2)30-32(41)34-13-16-38-15-12-33-31(38)24-9-10-27(42-3)28(19-24)43-18-17-37(22-29(40)36-30)20-25-7-4-5-8-26(25)21-39-14-6-11-35-39/h4-12,14-15,19,23,30H,13,16-18,20-22H2,1-3H3,(H,34,41)(H,36,40)/t30-/m1/s1. The maximum Gasteiger partial charge on any atom is 0.242 e. The van der Waals surface area contributed by atoms with E-state index in [1.807, 2.05) is 76.8 Å². The molecule has 11 heteroatoms. The lowest BCUT2D eigenvalue weighted by Crippen LogP contribution is -2.52. The Hall–Kier alpha value is -4.64. The molecule has 2 aromatic carbocycles. The fourth-order valence-corrected chi connectivity index (χ4v) is 5.22. The molecule has 0 fully saturated rings. The van der Waals surface area contributed by atoms with Crippen LogP contribution in [0.15, 0.2) is 73.3 Å². The second-order valence-corrected chi connectivity index (χ2v) is 10.9. The third kappa shape index (κ3) is 7.61. The lowest BCUT2D eigenvalue weighted by Gasteiger charge is -2.26. The highest BCUT2D eigenvalue weighted by atomic mass is 16.5. The third-order valence-electron chi connectivity index (χ3n) is 7.49. The molecular weight excluding hydrogens is 546 g/mol. The van der Waals surface area contributed by atoms with Crippen LogP contribution in [0.25, 0.3) is 11.4 Å². The first-order chi connectivity index (χ1) is 20.9. The molecular formula is C32H39N7O4. The van der Waals surface area contributed by atoms with E-state index in [1.165, 1.54) is 0 Å². The topological polar surface area (TPSA) is 116 Å². The van der Waals surface area contributed by atoms with Gasteiger partial charge in [0.1, 0.15) is 18.5 Å². The molecule has 1 aliphatic rings. The Balaban J connectivity index is 1.43. The van der Waals surface area contributed by atoms with Crippen molar-refractivity contribution in [2.75, 3.05) is 33.4 Å². The highest BCUT2D eigenvalue weighted by Crippen LogP contribution is 2.32. The van der Waals surface area contributed by atoms with Crippen molar-refractivity contribution in [3.8, 4) is 22.9 Å². The first-order valence-corrected chi connectivity index (χ1v) is 14.6. The smallest absolute Gasteiger partial charge is 0.242 e. The highest BCUT2D eigenvalue weighted by molar-refractivity contribution is 5.88. The molecule has 0 aliphatic carbocycles. The number of ether oxygens (including phenoxy) is 2. The van der Waals surface area contributed by atoms with Crippen LogP contribution in [0, 0.1) is 5.92 Å². The summed E-state index contributed by atoms with van der Waals surface area (Å²) in [6.45, 7) is 6.78. The van der Waals surface area contributed by atoms with Gasteiger partial charge in [-0.1, -0.05) is 38.1 Å². The third-order valence-corrected chi connectivity index (χ3v) is 7.49. The molecule has 0 radical (unpaired) electrons. The maximum absolute atomic E-state index is 13.4. The first kappa shape index (κ1) is 29.8. The van der Waals surface area contributed by atoms with Crippen LogP contribution in [0.1, 0.15) is 25.0 Å². The molecule has 3 heterocycles. The Morgan fingerprint density at radius 3 is 2.58 bits per heavy atom. The van der Waals surface area contributed by atoms with Crippen LogP contribution in [0.3, 0.4) is 0 Å². The van der Waals surface area contributed by atoms with Gasteiger partial charge in [0.2, 0.25) is 11.8 Å². The number of imidazole rings is 1. The Labute approximate surface area is 251 Å². The van der Waals surface area contributed by atoms with Gasteiger partial charge < -0.3 is 24.7 Å². The van der Waals surface area contributed by atoms with Crippen LogP contribution < -0.4 is 20.1 Å². The van der Waals surface area contributed by atoms with Crippen LogP contribution in [0.5, 0.6) is 11.5 Å². The molecule has 4 aromatic rings. The summed E-state index contributed by atoms with van der Waals surface area (Å²) in [4.78, 5) is 33.1. The molecule has 1 aliphatic heterocycles. The quantitative estimate of drug-likeness (QED) is 0.358. The molecule has 0 spiro atoms. The number of aromatic nitrogens is 4. The lowest BCUT2D eigenvalue weighted by atomic mass is 10.0. The van der Waals surface area contributed by atoms with Crippen LogP contribution in [0.2, 0.25) is 0 Å². The molecule has 5 rings (SSSR count). The van der Waals surface area contributed by atoms with Gasteiger partial charge in [0.25, 0.3) is 0 Å². The van der Waals surface area contributed by atoms with E-state index in [-0.39, 0.29) is 24.3 Å². The summed E-state index contributed by atoms with van der Waals surface area (Å²) in [6, 6.07) is 15.1. The SMILES string of the molecule is COc1ccc2cc1OCCN(Cc1ccccc1Cn1cccn1)CC(=O)N[C@H](C(C)C)C(=O)NCCn1ccnc1-2. The number of benzene rings is 2. The summed E-state index contributed by atoms with van der Waals surface area (Å²) in [5.74, 6) is 1.45. The average molecular weight is 586 g/mol. The number of hydrogen-bond acceptors (Lipinski definition) is 7. The summed E-state index contributed by atoms with van der Waals surface area (Å²) < 4.78 is 15.7. The molecule has 0 unspecified atom stereocenters. The molecule has 1 atom stereocenters. The minimum Gasteiger partial charge on any atom is -0.493 e. The van der Waals surface area contributed by atoms with Crippen molar-refractivity contribution in [3.05, 3.63) is 84.4 Å². The Morgan fingerprint density at radius 1 is 1.02 bits per heavy atom. The summed E-state index contributed by atoms with van der Waals surface area (Å²) in [6.07, 6.45) is 7.30. The number of hydrogen-bond donors (Lipinski definition) is 2. The Morgan fingerprint density at radius 2 is 1.84 bits per heavy atom. The molecule has 2 bridgehead atoms. The van der Waals surface area contributed by atoms with Gasteiger partial charge in [-0.05, 0) is 41.3 Å². The van der Waals surface area contributed by atoms with Gasteiger partial charge in [-0.3, -0.25) is 19.2 Å². The summed E-state index contributed by atoms with van der Waals surface area (Å²) in [5.41, 5.74) is 3.07. The van der Waals surface area contributed by atoms with Crippen molar-refractivity contribution in [2.24, 2.45) is 5.92 Å². The Bertz CT molecular complexity index is 1520. The predicted octanol–water partition coefficient (Wildman–Crippen LogP) is 2.96. The zero-order valence-corrected chi connectivity index (χ0v) is 24.9. The van der Waals surface area contributed by atoms with Crippen LogP contribution in [0.4, 0.5) is 0 Å². The van der Waals surface area contributed by atoms with Gasteiger partial charge in [-0.25, -0.2) is 4.98 Å². The van der Waals surface area contributed by atoms with Gasteiger partial charge in [0.15, 0.2) is 11.5 Å². The molecule has 2 aromatic heterocycles. The van der Waals surface area contributed by atoms with E-state index in [1.54, 1.807) is 19.5 Å². The monoisotopic (exact) mass is 585 g/mol. The van der Waals surface area contributed by atoms with Crippen LogP contribution in [-0.2, 0) is 29.2 Å². The molecule has 226 valence electrons. The minimum absolute atomic E-state index is 0.0876. The van der Waals surface area contributed by atoms with E-state index < -0.39 is 6.04 Å². The van der Waals surface area contributed by atoms with E-state index in [9.17, 15) is 9.59 Å². The minimum atomic E-state index is -0.657. The van der Waals surface area contributed by atoms with Crippen molar-refractivity contribution in [3.63, 3.8) is 0 Å². The van der Waals surface area contributed by atoms with Crippen molar-refractivity contribution in [1.29, 1.82) is 0 Å². The van der Waals surface area contributed by atoms with Crippen LogP contribution >= 0.6 is 0 Å². The van der Waals surface area contributed by atoms with Gasteiger partial charge >= 0.3 is 0 Å². The first-order valence-electron chi connectivity index (χ1n) is 14.6. The van der Waals surface area contributed by atoms with Gasteiger partial charge in [-0.2, -0.15) is 5.10 Å². The number of nitrogens with zero attached hydrogens (tertiary/aromatic N) is 5.